The Morgan fingerprint density at radius 2 is 2.04 bits per heavy atom. The van der Waals surface area contributed by atoms with Crippen LogP contribution in [0.4, 0.5) is 0 Å². The molecule has 24 heavy (non-hydrogen) atoms. The summed E-state index contributed by atoms with van der Waals surface area (Å²) >= 11 is 3.21. The van der Waals surface area contributed by atoms with E-state index in [1.165, 1.54) is 31.5 Å². The summed E-state index contributed by atoms with van der Waals surface area (Å²) in [5.41, 5.74) is 0.713. The smallest absolute Gasteiger partial charge is 0.310 e. The quantitative estimate of drug-likeness (QED) is 0.737. The van der Waals surface area contributed by atoms with Gasteiger partial charge in [0.25, 0.3) is 5.91 Å². The maximum atomic E-state index is 12.8. The molecule has 0 radical (unpaired) electrons. The van der Waals surface area contributed by atoms with E-state index in [9.17, 15) is 13.8 Å². The molecule has 2 aromatic rings. The number of aliphatic carboxylic acids is 1. The van der Waals surface area contributed by atoms with Crippen LogP contribution < -0.4 is 4.72 Å². The molecule has 1 amide bonds. The van der Waals surface area contributed by atoms with E-state index in [1.807, 2.05) is 0 Å². The predicted octanol–water partition coefficient (Wildman–Crippen LogP) is 2.45. The summed E-state index contributed by atoms with van der Waals surface area (Å²) in [6.07, 6.45) is 2.87. The molecule has 126 valence electrons. The monoisotopic (exact) mass is 410 g/mol. The number of carbonyl (C=O) groups is 2. The molecule has 0 aliphatic heterocycles. The van der Waals surface area contributed by atoms with Crippen molar-refractivity contribution >= 4 is 43.4 Å². The first-order valence-electron chi connectivity index (χ1n) is 6.83. The first kappa shape index (κ1) is 18.2. The molecule has 0 saturated heterocycles. The second-order valence-electron chi connectivity index (χ2n) is 5.13. The van der Waals surface area contributed by atoms with Gasteiger partial charge in [0.1, 0.15) is 0 Å². The summed E-state index contributed by atoms with van der Waals surface area (Å²) in [6, 6.07) is 7.76. The van der Waals surface area contributed by atoms with Crippen molar-refractivity contribution < 1.29 is 18.9 Å². The molecule has 2 atom stereocenters. The molecular weight excluding hydrogens is 396 g/mol. The number of halogens is 1. The minimum absolute atomic E-state index is 0.232. The lowest BCUT2D eigenvalue weighted by atomic mass is 10.0. The fourth-order valence-corrected chi connectivity index (χ4v) is 3.46. The number of carboxylic acid groups (broad SMARTS) is 1. The summed E-state index contributed by atoms with van der Waals surface area (Å²) in [6.45, 7) is 1.53. The molecule has 0 spiro atoms. The van der Waals surface area contributed by atoms with Gasteiger partial charge in [0, 0.05) is 21.8 Å². The molecule has 2 unspecified atom stereocenters. The van der Waals surface area contributed by atoms with Crippen molar-refractivity contribution in [3.8, 4) is 0 Å². The first-order chi connectivity index (χ1) is 11.2. The third kappa shape index (κ3) is 4.21. The predicted molar refractivity (Wildman–Crippen MR) is 95.4 cm³/mol. The Balaban J connectivity index is 2.29. The van der Waals surface area contributed by atoms with Crippen LogP contribution in [-0.2, 0) is 14.5 Å². The van der Waals surface area contributed by atoms with E-state index in [2.05, 4.69) is 31.5 Å². The number of rotatable bonds is 5. The van der Waals surface area contributed by atoms with Crippen LogP contribution in [0, 0.1) is 0 Å². The van der Waals surface area contributed by atoms with Gasteiger partial charge < -0.3 is 5.11 Å². The van der Waals surface area contributed by atoms with Gasteiger partial charge in [-0.1, -0.05) is 12.1 Å². The number of aromatic nitrogens is 1. The van der Waals surface area contributed by atoms with Crippen LogP contribution in [0.3, 0.4) is 0 Å². The lowest BCUT2D eigenvalue weighted by Crippen LogP contribution is -2.30. The van der Waals surface area contributed by atoms with Crippen LogP contribution in [0.1, 0.15) is 28.8 Å². The van der Waals surface area contributed by atoms with Gasteiger partial charge in [-0.05, 0) is 52.5 Å². The van der Waals surface area contributed by atoms with Crippen LogP contribution >= 0.6 is 15.9 Å². The van der Waals surface area contributed by atoms with Crippen LogP contribution in [0.25, 0.3) is 0 Å². The second kappa shape index (κ2) is 7.14. The van der Waals surface area contributed by atoms with E-state index in [1.54, 1.807) is 18.2 Å². The summed E-state index contributed by atoms with van der Waals surface area (Å²) in [5, 5.41) is 9.08. The molecule has 1 aromatic carbocycles. The highest BCUT2D eigenvalue weighted by Crippen LogP contribution is 2.20. The standard InChI is InChI=1S/C16H15BrN2O4S/c1-10(16(21)22)11-4-3-5-14(7-11)24(2,23)19-15(20)12-6-13(17)9-18-8-12/h3-10H,2H2,1H3,(H,21,22)(H,19,20,23). The van der Waals surface area contributed by atoms with Gasteiger partial charge in [-0.2, -0.15) is 0 Å². The molecule has 0 bridgehead atoms. The molecule has 1 aromatic heterocycles. The normalized spacial score (nSPS) is 14.4. The molecule has 2 rings (SSSR count). The number of carboxylic acids is 1. The number of benzene rings is 1. The van der Waals surface area contributed by atoms with Gasteiger partial charge in [0.2, 0.25) is 0 Å². The molecular formula is C16H15BrN2O4S. The SMILES string of the molecule is C=S(=O)(NC(=O)c1cncc(Br)c1)c1cccc(C(C)C(=O)O)c1. The molecule has 8 heteroatoms. The van der Waals surface area contributed by atoms with E-state index < -0.39 is 27.5 Å². The summed E-state index contributed by atoms with van der Waals surface area (Å²) in [5.74, 6) is 1.25. The van der Waals surface area contributed by atoms with Crippen LogP contribution in [-0.4, -0.2) is 32.0 Å². The second-order valence-corrected chi connectivity index (χ2v) is 8.07. The van der Waals surface area contributed by atoms with Crippen molar-refractivity contribution in [1.29, 1.82) is 0 Å². The Hall–Kier alpha value is -2.19. The van der Waals surface area contributed by atoms with Gasteiger partial charge in [-0.15, -0.1) is 0 Å². The zero-order valence-corrected chi connectivity index (χ0v) is 15.1. The third-order valence-electron chi connectivity index (χ3n) is 3.33. The maximum Gasteiger partial charge on any atom is 0.310 e. The van der Waals surface area contributed by atoms with Gasteiger partial charge in [-0.3, -0.25) is 19.3 Å². The van der Waals surface area contributed by atoms with Crippen molar-refractivity contribution in [1.82, 2.24) is 9.71 Å². The fourth-order valence-electron chi connectivity index (χ4n) is 1.94. The van der Waals surface area contributed by atoms with E-state index in [0.717, 1.165) is 0 Å². The molecule has 1 heterocycles. The molecule has 0 aliphatic rings. The highest BCUT2D eigenvalue weighted by Gasteiger charge is 2.18. The van der Waals surface area contributed by atoms with Crippen molar-refractivity contribution in [3.63, 3.8) is 0 Å². The zero-order chi connectivity index (χ0) is 17.9. The van der Waals surface area contributed by atoms with Crippen molar-refractivity contribution in [2.75, 3.05) is 0 Å². The number of amides is 1. The minimum atomic E-state index is -3.14. The highest BCUT2D eigenvalue weighted by atomic mass is 79.9. The average molecular weight is 411 g/mol. The number of pyridine rings is 1. The van der Waals surface area contributed by atoms with Crippen molar-refractivity contribution in [2.45, 2.75) is 17.7 Å². The Labute approximate surface area is 148 Å². The number of nitrogens with zero attached hydrogens (tertiary/aromatic N) is 1. The minimum Gasteiger partial charge on any atom is -0.481 e. The Morgan fingerprint density at radius 1 is 1.33 bits per heavy atom. The third-order valence-corrected chi connectivity index (χ3v) is 5.30. The summed E-state index contributed by atoms with van der Waals surface area (Å²) in [4.78, 5) is 27.4. The lowest BCUT2D eigenvalue weighted by Gasteiger charge is -2.14. The van der Waals surface area contributed by atoms with E-state index in [-0.39, 0.29) is 10.5 Å². The van der Waals surface area contributed by atoms with Gasteiger partial charge in [-0.25, -0.2) is 4.21 Å². The molecule has 6 nitrogen and oxygen atoms in total. The summed E-state index contributed by atoms with van der Waals surface area (Å²) < 4.78 is 15.8. The van der Waals surface area contributed by atoms with Gasteiger partial charge >= 0.3 is 5.97 Å². The number of carbonyl (C=O) groups excluding carboxylic acids is 1. The average Bonchev–Trinajstić information content (AvgIpc) is 2.53. The number of hydrogen-bond donors (Lipinski definition) is 2. The number of hydrogen-bond acceptors (Lipinski definition) is 4. The first-order valence-corrected chi connectivity index (χ1v) is 9.35. The lowest BCUT2D eigenvalue weighted by molar-refractivity contribution is -0.138. The van der Waals surface area contributed by atoms with Gasteiger partial charge in [0.15, 0.2) is 0 Å². The summed E-state index contributed by atoms with van der Waals surface area (Å²) in [7, 11) is -3.14. The highest BCUT2D eigenvalue weighted by molar-refractivity contribution is 9.10. The van der Waals surface area contributed by atoms with Gasteiger partial charge in [0.05, 0.1) is 21.2 Å². The fraction of sp³-hybridized carbons (Fsp3) is 0.125. The van der Waals surface area contributed by atoms with Crippen molar-refractivity contribution in [3.05, 3.63) is 58.3 Å². The zero-order valence-electron chi connectivity index (χ0n) is 12.7. The van der Waals surface area contributed by atoms with Crippen LogP contribution in [0.5, 0.6) is 0 Å². The van der Waals surface area contributed by atoms with Crippen LogP contribution in [0.15, 0.2) is 52.1 Å². The topological polar surface area (TPSA) is 96.4 Å². The van der Waals surface area contributed by atoms with E-state index in [4.69, 9.17) is 5.11 Å². The van der Waals surface area contributed by atoms with E-state index in [0.29, 0.717) is 10.0 Å². The Bertz CT molecular complexity index is 896. The largest absolute Gasteiger partial charge is 0.481 e. The van der Waals surface area contributed by atoms with Crippen molar-refractivity contribution in [2.24, 2.45) is 0 Å². The Kier molecular flexibility index (Phi) is 5.40. The Morgan fingerprint density at radius 3 is 2.67 bits per heavy atom. The molecule has 2 N–H and O–H groups in total. The maximum absolute atomic E-state index is 12.8. The molecule has 0 fully saturated rings. The molecule has 0 saturated carbocycles. The van der Waals surface area contributed by atoms with Crippen LogP contribution in [0.2, 0.25) is 0 Å². The van der Waals surface area contributed by atoms with E-state index >= 15 is 0 Å². The molecule has 0 aliphatic carbocycles. The number of nitrogens with one attached hydrogen (secondary N) is 1.